The van der Waals surface area contributed by atoms with Crippen LogP contribution in [-0.4, -0.2) is 52.7 Å². The van der Waals surface area contributed by atoms with Gasteiger partial charge in [0.2, 0.25) is 0 Å². The van der Waals surface area contributed by atoms with E-state index in [0.717, 1.165) is 6.42 Å². The summed E-state index contributed by atoms with van der Waals surface area (Å²) in [5.74, 6) is -1.84. The average Bonchev–Trinajstić information content (AvgIpc) is 2.94. The number of hydrogen-bond donors (Lipinski definition) is 1. The average molecular weight is 357 g/mol. The van der Waals surface area contributed by atoms with Crippen molar-refractivity contribution in [1.29, 1.82) is 0 Å². The summed E-state index contributed by atoms with van der Waals surface area (Å²) in [6, 6.07) is 2.91. The maximum Gasteiger partial charge on any atom is 0.311 e. The van der Waals surface area contributed by atoms with Crippen LogP contribution in [0.25, 0.3) is 0 Å². The molecule has 1 N–H and O–H groups in total. The first kappa shape index (κ1) is 15.9. The summed E-state index contributed by atoms with van der Waals surface area (Å²) in [4.78, 5) is 29.7. The van der Waals surface area contributed by atoms with Crippen molar-refractivity contribution >= 4 is 27.8 Å². The summed E-state index contributed by atoms with van der Waals surface area (Å²) < 4.78 is 5.73. The van der Waals surface area contributed by atoms with E-state index in [4.69, 9.17) is 4.74 Å². The van der Waals surface area contributed by atoms with Gasteiger partial charge in [-0.15, -0.1) is 0 Å². The smallest absolute Gasteiger partial charge is 0.311 e. The van der Waals surface area contributed by atoms with Gasteiger partial charge in [-0.25, -0.2) is 4.98 Å². The quantitative estimate of drug-likeness (QED) is 0.813. The Labute approximate surface area is 131 Å². The van der Waals surface area contributed by atoms with E-state index in [2.05, 4.69) is 20.9 Å². The van der Waals surface area contributed by atoms with Gasteiger partial charge >= 0.3 is 5.97 Å². The van der Waals surface area contributed by atoms with Crippen LogP contribution in [0, 0.1) is 5.92 Å². The van der Waals surface area contributed by atoms with Crippen molar-refractivity contribution in [2.45, 2.75) is 19.4 Å². The lowest BCUT2D eigenvalue weighted by Crippen LogP contribution is -2.47. The second-order valence-electron chi connectivity index (χ2n) is 4.89. The van der Waals surface area contributed by atoms with Gasteiger partial charge < -0.3 is 14.7 Å². The molecule has 2 atom stereocenters. The van der Waals surface area contributed by atoms with E-state index in [-0.39, 0.29) is 19.1 Å². The zero-order valence-electron chi connectivity index (χ0n) is 11.7. The minimum Gasteiger partial charge on any atom is -0.481 e. The molecular weight excluding hydrogens is 340 g/mol. The van der Waals surface area contributed by atoms with Crippen LogP contribution in [-0.2, 0) is 9.53 Å². The third kappa shape index (κ3) is 3.41. The van der Waals surface area contributed by atoms with Gasteiger partial charge in [0.25, 0.3) is 5.91 Å². The fourth-order valence-corrected chi connectivity index (χ4v) is 2.87. The molecule has 0 saturated carbocycles. The molecule has 7 heteroatoms. The molecule has 21 heavy (non-hydrogen) atoms. The maximum absolute atomic E-state index is 12.7. The Balaban J connectivity index is 2.28. The molecule has 0 bridgehead atoms. The highest BCUT2D eigenvalue weighted by atomic mass is 79.9. The van der Waals surface area contributed by atoms with Crippen molar-refractivity contribution in [3.8, 4) is 0 Å². The van der Waals surface area contributed by atoms with Crippen LogP contribution >= 0.6 is 15.9 Å². The molecule has 0 aliphatic carbocycles. The Morgan fingerprint density at radius 3 is 2.90 bits per heavy atom. The van der Waals surface area contributed by atoms with Crippen LogP contribution in [0.4, 0.5) is 0 Å². The molecule has 0 radical (unpaired) electrons. The number of rotatable bonds is 5. The van der Waals surface area contributed by atoms with Crippen molar-refractivity contribution in [3.63, 3.8) is 0 Å². The number of carbonyl (C=O) groups is 2. The van der Waals surface area contributed by atoms with Crippen molar-refractivity contribution in [2.75, 3.05) is 19.8 Å². The van der Waals surface area contributed by atoms with Crippen molar-refractivity contribution in [1.82, 2.24) is 9.88 Å². The third-order valence-electron chi connectivity index (χ3n) is 3.48. The number of carboxylic acid groups (broad SMARTS) is 1. The summed E-state index contributed by atoms with van der Waals surface area (Å²) in [6.45, 7) is 2.82. The van der Waals surface area contributed by atoms with Crippen LogP contribution < -0.4 is 0 Å². The molecule has 1 aliphatic heterocycles. The van der Waals surface area contributed by atoms with Gasteiger partial charge in [0.15, 0.2) is 0 Å². The number of halogens is 1. The Morgan fingerprint density at radius 1 is 1.52 bits per heavy atom. The molecular formula is C14H17BrN2O4. The molecule has 2 heterocycles. The van der Waals surface area contributed by atoms with Crippen molar-refractivity contribution in [3.05, 3.63) is 28.5 Å². The summed E-state index contributed by atoms with van der Waals surface area (Å²) >= 11 is 3.26. The van der Waals surface area contributed by atoms with E-state index in [1.165, 1.54) is 0 Å². The molecule has 1 aliphatic rings. The SMILES string of the molecule is CCCN(C(=O)c1cccnc1Br)C1COCC1C(=O)O. The van der Waals surface area contributed by atoms with Crippen LogP contribution in [0.5, 0.6) is 0 Å². The molecule has 2 unspecified atom stereocenters. The molecule has 6 nitrogen and oxygen atoms in total. The van der Waals surface area contributed by atoms with Gasteiger partial charge in [-0.1, -0.05) is 6.92 Å². The molecule has 114 valence electrons. The van der Waals surface area contributed by atoms with Crippen LogP contribution in [0.3, 0.4) is 0 Å². The predicted molar refractivity (Wildman–Crippen MR) is 79.0 cm³/mol. The Kier molecular flexibility index (Phi) is 5.30. The summed E-state index contributed by atoms with van der Waals surface area (Å²) in [5, 5.41) is 9.27. The van der Waals surface area contributed by atoms with Gasteiger partial charge in [-0.2, -0.15) is 0 Å². The van der Waals surface area contributed by atoms with E-state index in [1.807, 2.05) is 6.92 Å². The second-order valence-corrected chi connectivity index (χ2v) is 5.64. The number of ether oxygens (including phenoxy) is 1. The van der Waals surface area contributed by atoms with E-state index < -0.39 is 17.9 Å². The van der Waals surface area contributed by atoms with E-state index in [0.29, 0.717) is 16.7 Å². The molecule has 1 aromatic heterocycles. The van der Waals surface area contributed by atoms with Crippen LogP contribution in [0.15, 0.2) is 22.9 Å². The highest BCUT2D eigenvalue weighted by Gasteiger charge is 2.40. The monoisotopic (exact) mass is 356 g/mol. The standard InChI is InChI=1S/C14H17BrN2O4/c1-2-6-17(11-8-21-7-10(11)14(19)20)13(18)9-4-3-5-16-12(9)15/h3-5,10-11H,2,6-8H2,1H3,(H,19,20). The van der Waals surface area contributed by atoms with Crippen LogP contribution in [0.1, 0.15) is 23.7 Å². The van der Waals surface area contributed by atoms with Gasteiger partial charge in [0.1, 0.15) is 10.5 Å². The number of nitrogens with zero attached hydrogens (tertiary/aromatic N) is 2. The Hall–Kier alpha value is -1.47. The number of aliphatic carboxylic acids is 1. The fourth-order valence-electron chi connectivity index (χ4n) is 2.45. The van der Waals surface area contributed by atoms with Crippen molar-refractivity contribution in [2.24, 2.45) is 5.92 Å². The molecule has 0 spiro atoms. The second kappa shape index (κ2) is 7.00. The third-order valence-corrected chi connectivity index (χ3v) is 4.11. The highest BCUT2D eigenvalue weighted by molar-refractivity contribution is 9.10. The molecule has 1 amide bonds. The first-order chi connectivity index (χ1) is 10.1. The largest absolute Gasteiger partial charge is 0.481 e. The Morgan fingerprint density at radius 2 is 2.29 bits per heavy atom. The maximum atomic E-state index is 12.7. The molecule has 0 aromatic carbocycles. The highest BCUT2D eigenvalue weighted by Crippen LogP contribution is 2.24. The lowest BCUT2D eigenvalue weighted by Gasteiger charge is -2.30. The number of carboxylic acids is 1. The van der Waals surface area contributed by atoms with Crippen molar-refractivity contribution < 1.29 is 19.4 Å². The van der Waals surface area contributed by atoms with E-state index in [9.17, 15) is 14.7 Å². The molecule has 1 aromatic rings. The first-order valence-electron chi connectivity index (χ1n) is 6.78. The lowest BCUT2D eigenvalue weighted by molar-refractivity contribution is -0.142. The van der Waals surface area contributed by atoms with Gasteiger partial charge in [0, 0.05) is 12.7 Å². The minimum absolute atomic E-state index is 0.141. The topological polar surface area (TPSA) is 79.7 Å². The molecule has 1 saturated heterocycles. The van der Waals surface area contributed by atoms with Gasteiger partial charge in [-0.05, 0) is 34.5 Å². The minimum atomic E-state index is -0.934. The zero-order valence-corrected chi connectivity index (χ0v) is 13.2. The number of carbonyl (C=O) groups excluding carboxylic acids is 1. The number of amides is 1. The van der Waals surface area contributed by atoms with E-state index >= 15 is 0 Å². The number of pyridine rings is 1. The zero-order chi connectivity index (χ0) is 15.4. The van der Waals surface area contributed by atoms with E-state index in [1.54, 1.807) is 23.2 Å². The predicted octanol–water partition coefficient (Wildman–Crippen LogP) is 1.80. The molecule has 1 fully saturated rings. The summed E-state index contributed by atoms with van der Waals surface area (Å²) in [6.07, 6.45) is 2.33. The lowest BCUT2D eigenvalue weighted by atomic mass is 10.0. The summed E-state index contributed by atoms with van der Waals surface area (Å²) in [7, 11) is 0. The van der Waals surface area contributed by atoms with Crippen LogP contribution in [0.2, 0.25) is 0 Å². The fraction of sp³-hybridized carbons (Fsp3) is 0.500. The first-order valence-corrected chi connectivity index (χ1v) is 7.57. The Bertz CT molecular complexity index is 537. The summed E-state index contributed by atoms with van der Waals surface area (Å²) in [5.41, 5.74) is 0.432. The van der Waals surface area contributed by atoms with Gasteiger partial charge in [0.05, 0.1) is 24.8 Å². The molecule has 2 rings (SSSR count). The van der Waals surface area contributed by atoms with Gasteiger partial charge in [-0.3, -0.25) is 9.59 Å². The number of aromatic nitrogens is 1. The normalized spacial score (nSPS) is 21.2. The number of hydrogen-bond acceptors (Lipinski definition) is 4.